The molecule has 0 atom stereocenters. The molecule has 2 aromatic rings. The fraction of sp³-hybridized carbons (Fsp3) is 0.622. The minimum atomic E-state index is -0.722. The summed E-state index contributed by atoms with van der Waals surface area (Å²) in [5.41, 5.74) is 2.09. The summed E-state index contributed by atoms with van der Waals surface area (Å²) in [6.45, 7) is 6.68. The largest absolute Gasteiger partial charge is 0.514 e. The van der Waals surface area contributed by atoms with E-state index in [2.05, 4.69) is 13.8 Å². The van der Waals surface area contributed by atoms with Crippen molar-refractivity contribution in [1.29, 1.82) is 0 Å². The second-order valence-electron chi connectivity index (χ2n) is 11.9. The number of nitrogens with zero attached hydrogens (tertiary/aromatic N) is 1. The highest BCUT2D eigenvalue weighted by molar-refractivity contribution is 5.68. The van der Waals surface area contributed by atoms with Crippen molar-refractivity contribution in [3.8, 4) is 22.6 Å². The van der Waals surface area contributed by atoms with Crippen molar-refractivity contribution in [1.82, 2.24) is 4.90 Å². The molecule has 0 unspecified atom stereocenters. The summed E-state index contributed by atoms with van der Waals surface area (Å²) >= 11 is 0. The molecule has 0 N–H and O–H groups in total. The lowest BCUT2D eigenvalue weighted by Gasteiger charge is -2.30. The van der Waals surface area contributed by atoms with Gasteiger partial charge in [-0.2, -0.15) is 0 Å². The molecule has 0 aliphatic carbocycles. The van der Waals surface area contributed by atoms with Gasteiger partial charge in [-0.15, -0.1) is 0 Å². The first-order valence-electron chi connectivity index (χ1n) is 17.2. The molecule has 244 valence electrons. The molecule has 0 aromatic heterocycles. The van der Waals surface area contributed by atoms with Crippen molar-refractivity contribution in [3.63, 3.8) is 0 Å². The van der Waals surface area contributed by atoms with E-state index >= 15 is 0 Å². The van der Waals surface area contributed by atoms with Crippen LogP contribution in [-0.4, -0.2) is 49.6 Å². The minimum absolute atomic E-state index is 0.277. The highest BCUT2D eigenvalue weighted by atomic mass is 16.7. The molecule has 3 rings (SSSR count). The van der Waals surface area contributed by atoms with Gasteiger partial charge in [0.25, 0.3) is 0 Å². The molecule has 1 heterocycles. The number of hydrogen-bond acceptors (Lipinski definition) is 6. The molecular weight excluding hydrogens is 554 g/mol. The van der Waals surface area contributed by atoms with Gasteiger partial charge in [0.2, 0.25) is 0 Å². The van der Waals surface area contributed by atoms with Crippen molar-refractivity contribution < 1.29 is 28.5 Å². The number of benzene rings is 2. The van der Waals surface area contributed by atoms with Crippen molar-refractivity contribution >= 4 is 12.2 Å². The maximum Gasteiger partial charge on any atom is 0.514 e. The third-order valence-corrected chi connectivity index (χ3v) is 8.20. The Labute approximate surface area is 265 Å². The number of piperidine rings is 1. The molecule has 0 saturated carbocycles. The topological polar surface area (TPSA) is 74.3 Å². The van der Waals surface area contributed by atoms with E-state index in [4.69, 9.17) is 18.9 Å². The average Bonchev–Trinajstić information content (AvgIpc) is 3.04. The summed E-state index contributed by atoms with van der Waals surface area (Å²) < 4.78 is 22.3. The van der Waals surface area contributed by atoms with E-state index in [9.17, 15) is 9.59 Å². The maximum absolute atomic E-state index is 12.4. The number of ether oxygens (including phenoxy) is 4. The lowest BCUT2D eigenvalue weighted by Crippen LogP contribution is -2.42. The molecule has 1 saturated heterocycles. The minimum Gasteiger partial charge on any atom is -0.494 e. The Morgan fingerprint density at radius 3 is 1.66 bits per heavy atom. The number of carbonyl (C=O) groups excluding carboxylic acids is 2. The van der Waals surface area contributed by atoms with E-state index in [0.717, 1.165) is 42.7 Å². The van der Waals surface area contributed by atoms with Crippen LogP contribution >= 0.6 is 0 Å². The number of likely N-dealkylation sites (tertiary alicyclic amines) is 1. The van der Waals surface area contributed by atoms with Crippen LogP contribution in [0.4, 0.5) is 9.59 Å². The molecular formula is C37H55NO6. The molecule has 1 aliphatic rings. The molecule has 0 bridgehead atoms. The zero-order valence-corrected chi connectivity index (χ0v) is 27.2. The van der Waals surface area contributed by atoms with Gasteiger partial charge in [0.05, 0.1) is 13.2 Å². The fourth-order valence-corrected chi connectivity index (χ4v) is 5.43. The quantitative estimate of drug-likeness (QED) is 0.0845. The van der Waals surface area contributed by atoms with Gasteiger partial charge >= 0.3 is 12.2 Å². The molecule has 0 spiro atoms. The zero-order chi connectivity index (χ0) is 31.2. The molecule has 1 fully saturated rings. The summed E-state index contributed by atoms with van der Waals surface area (Å²) in [6.07, 6.45) is 17.1. The van der Waals surface area contributed by atoms with Crippen LogP contribution in [0.5, 0.6) is 11.5 Å². The lowest BCUT2D eigenvalue weighted by atomic mass is 10.1. The third-order valence-electron chi connectivity index (χ3n) is 8.20. The van der Waals surface area contributed by atoms with Gasteiger partial charge in [0.15, 0.2) is 0 Å². The average molecular weight is 610 g/mol. The number of rotatable bonds is 20. The number of hydrogen-bond donors (Lipinski definition) is 0. The van der Waals surface area contributed by atoms with Gasteiger partial charge in [-0.05, 0) is 48.2 Å². The van der Waals surface area contributed by atoms with Crippen molar-refractivity contribution in [2.75, 3.05) is 26.3 Å². The first-order chi connectivity index (χ1) is 21.6. The van der Waals surface area contributed by atoms with Gasteiger partial charge in [-0.1, -0.05) is 115 Å². The predicted molar refractivity (Wildman–Crippen MR) is 176 cm³/mol. The van der Waals surface area contributed by atoms with Gasteiger partial charge in [0.1, 0.15) is 17.6 Å². The van der Waals surface area contributed by atoms with Crippen LogP contribution in [0.3, 0.4) is 0 Å². The summed E-state index contributed by atoms with van der Waals surface area (Å²) in [4.78, 5) is 26.4. The Kier molecular flexibility index (Phi) is 17.2. The van der Waals surface area contributed by atoms with Crippen molar-refractivity contribution in [3.05, 3.63) is 48.5 Å². The van der Waals surface area contributed by atoms with Crippen LogP contribution in [0.25, 0.3) is 11.1 Å². The second kappa shape index (κ2) is 21.5. The molecule has 0 radical (unpaired) electrons. The van der Waals surface area contributed by atoms with E-state index in [-0.39, 0.29) is 12.2 Å². The first-order valence-corrected chi connectivity index (χ1v) is 17.2. The van der Waals surface area contributed by atoms with Gasteiger partial charge < -0.3 is 23.8 Å². The predicted octanol–water partition coefficient (Wildman–Crippen LogP) is 10.3. The molecule has 7 heteroatoms. The van der Waals surface area contributed by atoms with E-state index in [1.54, 1.807) is 17.0 Å². The monoisotopic (exact) mass is 609 g/mol. The van der Waals surface area contributed by atoms with Crippen LogP contribution in [0.15, 0.2) is 48.5 Å². The standard InChI is InChI=1S/C37H55NO6/c1-3-5-7-9-11-12-14-15-29-41-33-21-17-31(18-22-33)32-19-23-34(24-20-32)43-37(40)44-35-25-27-38(28-26-35)36(39)42-30-16-13-10-8-6-4-2/h17-24,35H,3-16,25-30H2,1-2H3. The van der Waals surface area contributed by atoms with E-state index in [1.807, 2.05) is 36.4 Å². The highest BCUT2D eigenvalue weighted by Gasteiger charge is 2.26. The Bertz CT molecular complexity index is 1050. The van der Waals surface area contributed by atoms with Crippen LogP contribution in [0, 0.1) is 0 Å². The summed E-state index contributed by atoms with van der Waals surface area (Å²) in [5, 5.41) is 0. The number of unbranched alkanes of at least 4 members (excludes halogenated alkanes) is 12. The Morgan fingerprint density at radius 2 is 1.11 bits per heavy atom. The fourth-order valence-electron chi connectivity index (χ4n) is 5.43. The van der Waals surface area contributed by atoms with Crippen LogP contribution in [0.1, 0.15) is 117 Å². The Hall–Kier alpha value is -3.22. The zero-order valence-electron chi connectivity index (χ0n) is 27.2. The van der Waals surface area contributed by atoms with E-state index in [0.29, 0.717) is 38.3 Å². The van der Waals surface area contributed by atoms with Gasteiger partial charge in [0, 0.05) is 25.9 Å². The molecule has 7 nitrogen and oxygen atoms in total. The SMILES string of the molecule is CCCCCCCCCCOc1ccc(-c2ccc(OC(=O)OC3CCN(C(=O)OCCCCCCCC)CC3)cc2)cc1. The normalized spacial score (nSPS) is 13.5. The molecule has 44 heavy (non-hydrogen) atoms. The second-order valence-corrected chi connectivity index (χ2v) is 11.9. The van der Waals surface area contributed by atoms with Crippen molar-refractivity contribution in [2.24, 2.45) is 0 Å². The van der Waals surface area contributed by atoms with E-state index < -0.39 is 6.16 Å². The first kappa shape index (κ1) is 35.3. The molecule has 1 aliphatic heterocycles. The van der Waals surface area contributed by atoms with Gasteiger partial charge in [-0.3, -0.25) is 0 Å². The lowest BCUT2D eigenvalue weighted by molar-refractivity contribution is 0.0217. The molecule has 1 amide bonds. The highest BCUT2D eigenvalue weighted by Crippen LogP contribution is 2.25. The Balaban J connectivity index is 1.28. The summed E-state index contributed by atoms with van der Waals surface area (Å²) in [5.74, 6) is 1.31. The maximum atomic E-state index is 12.4. The van der Waals surface area contributed by atoms with Crippen LogP contribution < -0.4 is 9.47 Å². The van der Waals surface area contributed by atoms with Gasteiger partial charge in [-0.25, -0.2) is 9.59 Å². The Morgan fingerprint density at radius 1 is 0.636 bits per heavy atom. The summed E-state index contributed by atoms with van der Waals surface area (Å²) in [7, 11) is 0. The summed E-state index contributed by atoms with van der Waals surface area (Å²) in [6, 6.07) is 15.5. The number of carbonyl (C=O) groups is 2. The van der Waals surface area contributed by atoms with Crippen LogP contribution in [-0.2, 0) is 9.47 Å². The number of amides is 1. The third kappa shape index (κ3) is 14.0. The van der Waals surface area contributed by atoms with Crippen LogP contribution in [0.2, 0.25) is 0 Å². The smallest absolute Gasteiger partial charge is 0.494 e. The van der Waals surface area contributed by atoms with E-state index in [1.165, 1.54) is 70.6 Å². The molecule has 2 aromatic carbocycles. The van der Waals surface area contributed by atoms with Crippen molar-refractivity contribution in [2.45, 2.75) is 123 Å².